The standard InChI is InChI=1S/C20H23NO4/c1-15(22)17-9-5-10-18(13-17)25-12-6-11-20(24)21-14-19(23)16-7-3-2-4-8-16/h2-5,7-10,13,19,23H,6,11-12,14H2,1H3,(H,21,24)/t19-/m1/s1. The van der Waals surface area contributed by atoms with Gasteiger partial charge in [0.05, 0.1) is 12.7 Å². The first-order valence-electron chi connectivity index (χ1n) is 8.30. The number of carbonyl (C=O) groups is 2. The van der Waals surface area contributed by atoms with Crippen molar-refractivity contribution in [1.82, 2.24) is 5.32 Å². The van der Waals surface area contributed by atoms with E-state index in [1.54, 1.807) is 24.3 Å². The zero-order valence-corrected chi connectivity index (χ0v) is 14.3. The lowest BCUT2D eigenvalue weighted by Gasteiger charge is -2.12. The average molecular weight is 341 g/mol. The number of amides is 1. The summed E-state index contributed by atoms with van der Waals surface area (Å²) < 4.78 is 5.56. The Hall–Kier alpha value is -2.66. The maximum atomic E-state index is 11.8. The summed E-state index contributed by atoms with van der Waals surface area (Å²) in [4.78, 5) is 23.1. The minimum Gasteiger partial charge on any atom is -0.494 e. The number of Topliss-reactive ketones (excluding diaryl/α,β-unsaturated/α-hetero) is 1. The molecule has 2 aromatic carbocycles. The van der Waals surface area contributed by atoms with Gasteiger partial charge in [-0.1, -0.05) is 42.5 Å². The van der Waals surface area contributed by atoms with Crippen LogP contribution in [0.3, 0.4) is 0 Å². The minimum absolute atomic E-state index is 0.0122. The van der Waals surface area contributed by atoms with E-state index in [9.17, 15) is 14.7 Å². The Morgan fingerprint density at radius 2 is 1.88 bits per heavy atom. The molecule has 2 rings (SSSR count). The molecule has 0 heterocycles. The van der Waals surface area contributed by atoms with Crippen molar-refractivity contribution in [3.63, 3.8) is 0 Å². The molecule has 0 fully saturated rings. The Morgan fingerprint density at radius 1 is 1.12 bits per heavy atom. The van der Waals surface area contributed by atoms with E-state index in [0.29, 0.717) is 30.8 Å². The monoisotopic (exact) mass is 341 g/mol. The third-order valence-electron chi connectivity index (χ3n) is 3.73. The fourth-order valence-electron chi connectivity index (χ4n) is 2.32. The van der Waals surface area contributed by atoms with Gasteiger partial charge in [-0.25, -0.2) is 0 Å². The highest BCUT2D eigenvalue weighted by Crippen LogP contribution is 2.14. The molecule has 0 radical (unpaired) electrons. The summed E-state index contributed by atoms with van der Waals surface area (Å²) in [5.74, 6) is 0.477. The number of hydrogen-bond donors (Lipinski definition) is 2. The van der Waals surface area contributed by atoms with Crippen molar-refractivity contribution >= 4 is 11.7 Å². The summed E-state index contributed by atoms with van der Waals surface area (Å²) in [5.41, 5.74) is 1.38. The molecule has 2 aromatic rings. The summed E-state index contributed by atoms with van der Waals surface area (Å²) in [6, 6.07) is 16.2. The molecular formula is C20H23NO4. The van der Waals surface area contributed by atoms with Gasteiger partial charge in [0.1, 0.15) is 5.75 Å². The number of carbonyl (C=O) groups excluding carboxylic acids is 2. The van der Waals surface area contributed by atoms with Crippen molar-refractivity contribution < 1.29 is 19.4 Å². The number of hydrogen-bond acceptors (Lipinski definition) is 4. The molecule has 0 saturated heterocycles. The van der Waals surface area contributed by atoms with Crippen LogP contribution in [-0.4, -0.2) is 29.9 Å². The van der Waals surface area contributed by atoms with Crippen LogP contribution in [0.2, 0.25) is 0 Å². The molecular weight excluding hydrogens is 318 g/mol. The van der Waals surface area contributed by atoms with E-state index in [1.807, 2.05) is 30.3 Å². The highest BCUT2D eigenvalue weighted by molar-refractivity contribution is 5.94. The molecule has 1 amide bonds. The number of aliphatic hydroxyl groups is 1. The van der Waals surface area contributed by atoms with Crippen LogP contribution in [0.5, 0.6) is 5.75 Å². The summed E-state index contributed by atoms with van der Waals surface area (Å²) in [7, 11) is 0. The van der Waals surface area contributed by atoms with E-state index in [2.05, 4.69) is 5.32 Å². The molecule has 5 nitrogen and oxygen atoms in total. The maximum absolute atomic E-state index is 11.8. The second kappa shape index (κ2) is 9.59. The molecule has 2 N–H and O–H groups in total. The van der Waals surface area contributed by atoms with E-state index in [-0.39, 0.29) is 18.2 Å². The average Bonchev–Trinajstić information content (AvgIpc) is 2.64. The van der Waals surface area contributed by atoms with Crippen LogP contribution < -0.4 is 10.1 Å². The van der Waals surface area contributed by atoms with E-state index < -0.39 is 6.10 Å². The van der Waals surface area contributed by atoms with E-state index in [0.717, 1.165) is 5.56 Å². The zero-order chi connectivity index (χ0) is 18.1. The van der Waals surface area contributed by atoms with Crippen LogP contribution in [0.1, 0.15) is 41.8 Å². The summed E-state index contributed by atoms with van der Waals surface area (Å²) in [6.07, 6.45) is 0.154. The number of ether oxygens (including phenoxy) is 1. The smallest absolute Gasteiger partial charge is 0.220 e. The molecule has 1 atom stereocenters. The molecule has 0 aromatic heterocycles. The largest absolute Gasteiger partial charge is 0.494 e. The molecule has 0 aliphatic rings. The molecule has 0 saturated carbocycles. The van der Waals surface area contributed by atoms with Crippen LogP contribution in [0.4, 0.5) is 0 Å². The molecule has 132 valence electrons. The van der Waals surface area contributed by atoms with Gasteiger partial charge in [0, 0.05) is 18.5 Å². The van der Waals surface area contributed by atoms with Crippen molar-refractivity contribution in [2.24, 2.45) is 0 Å². The molecule has 0 aliphatic carbocycles. The normalized spacial score (nSPS) is 11.6. The lowest BCUT2D eigenvalue weighted by Crippen LogP contribution is -2.28. The topological polar surface area (TPSA) is 75.6 Å². The Labute approximate surface area is 147 Å². The van der Waals surface area contributed by atoms with Crippen LogP contribution in [0.15, 0.2) is 54.6 Å². The molecule has 0 bridgehead atoms. The predicted octanol–water partition coefficient (Wildman–Crippen LogP) is 2.90. The fraction of sp³-hybridized carbons (Fsp3) is 0.300. The van der Waals surface area contributed by atoms with Crippen LogP contribution in [0, 0.1) is 0 Å². The predicted molar refractivity (Wildman–Crippen MR) is 95.6 cm³/mol. The van der Waals surface area contributed by atoms with Gasteiger partial charge in [0.2, 0.25) is 5.91 Å². The number of aliphatic hydroxyl groups excluding tert-OH is 1. The second-order valence-corrected chi connectivity index (χ2v) is 5.77. The Balaban J connectivity index is 1.65. The van der Waals surface area contributed by atoms with Gasteiger partial charge in [-0.15, -0.1) is 0 Å². The van der Waals surface area contributed by atoms with Crippen molar-refractivity contribution in [2.45, 2.75) is 25.9 Å². The summed E-state index contributed by atoms with van der Waals surface area (Å²) >= 11 is 0. The third-order valence-corrected chi connectivity index (χ3v) is 3.73. The fourth-order valence-corrected chi connectivity index (χ4v) is 2.32. The first kappa shape index (κ1) is 18.7. The molecule has 0 unspecified atom stereocenters. The summed E-state index contributed by atoms with van der Waals surface area (Å²) in [5, 5.41) is 12.7. The minimum atomic E-state index is -0.712. The lowest BCUT2D eigenvalue weighted by molar-refractivity contribution is -0.121. The highest BCUT2D eigenvalue weighted by Gasteiger charge is 2.09. The number of ketones is 1. The SMILES string of the molecule is CC(=O)c1cccc(OCCCC(=O)NC[C@@H](O)c2ccccc2)c1. The molecule has 25 heavy (non-hydrogen) atoms. The highest BCUT2D eigenvalue weighted by atomic mass is 16.5. The van der Waals surface area contributed by atoms with Gasteiger partial charge in [0.15, 0.2) is 5.78 Å². The van der Waals surface area contributed by atoms with Crippen molar-refractivity contribution in [1.29, 1.82) is 0 Å². The Morgan fingerprint density at radius 3 is 2.60 bits per heavy atom. The number of nitrogens with one attached hydrogen (secondary N) is 1. The summed E-state index contributed by atoms with van der Waals surface area (Å²) in [6.45, 7) is 2.08. The second-order valence-electron chi connectivity index (χ2n) is 5.77. The molecule has 5 heteroatoms. The van der Waals surface area contributed by atoms with E-state index >= 15 is 0 Å². The maximum Gasteiger partial charge on any atom is 0.220 e. The number of benzene rings is 2. The van der Waals surface area contributed by atoms with Gasteiger partial charge in [-0.3, -0.25) is 9.59 Å². The Bertz CT molecular complexity index is 700. The first-order valence-corrected chi connectivity index (χ1v) is 8.30. The quantitative estimate of drug-likeness (QED) is 0.543. The van der Waals surface area contributed by atoms with Gasteiger partial charge >= 0.3 is 0 Å². The lowest BCUT2D eigenvalue weighted by atomic mass is 10.1. The third kappa shape index (κ3) is 6.39. The van der Waals surface area contributed by atoms with E-state index in [4.69, 9.17) is 4.74 Å². The van der Waals surface area contributed by atoms with Crippen LogP contribution >= 0.6 is 0 Å². The van der Waals surface area contributed by atoms with Gasteiger partial charge in [-0.05, 0) is 31.0 Å². The van der Waals surface area contributed by atoms with Crippen LogP contribution in [-0.2, 0) is 4.79 Å². The van der Waals surface area contributed by atoms with E-state index in [1.165, 1.54) is 6.92 Å². The zero-order valence-electron chi connectivity index (χ0n) is 14.3. The van der Waals surface area contributed by atoms with Crippen molar-refractivity contribution in [3.8, 4) is 5.75 Å². The molecule has 0 spiro atoms. The first-order chi connectivity index (χ1) is 12.1. The van der Waals surface area contributed by atoms with Gasteiger partial charge in [-0.2, -0.15) is 0 Å². The number of rotatable bonds is 9. The van der Waals surface area contributed by atoms with Gasteiger partial charge < -0.3 is 15.2 Å². The van der Waals surface area contributed by atoms with Crippen LogP contribution in [0.25, 0.3) is 0 Å². The van der Waals surface area contributed by atoms with Crippen molar-refractivity contribution in [3.05, 3.63) is 65.7 Å². The van der Waals surface area contributed by atoms with Crippen molar-refractivity contribution in [2.75, 3.05) is 13.2 Å². The Kier molecular flexibility index (Phi) is 7.16. The van der Waals surface area contributed by atoms with Gasteiger partial charge in [0.25, 0.3) is 0 Å². The molecule has 0 aliphatic heterocycles.